The van der Waals surface area contributed by atoms with Gasteiger partial charge in [0.2, 0.25) is 0 Å². The van der Waals surface area contributed by atoms with Gasteiger partial charge in [-0.2, -0.15) is 0 Å². The van der Waals surface area contributed by atoms with Crippen LogP contribution in [0.25, 0.3) is 0 Å². The van der Waals surface area contributed by atoms with Gasteiger partial charge in [0.15, 0.2) is 11.5 Å². The van der Waals surface area contributed by atoms with Gasteiger partial charge in [0.1, 0.15) is 5.75 Å². The summed E-state index contributed by atoms with van der Waals surface area (Å²) in [6, 6.07) is 12.2. The third kappa shape index (κ3) is 4.80. The predicted octanol–water partition coefficient (Wildman–Crippen LogP) is 4.85. The Morgan fingerprint density at radius 3 is 2.16 bits per heavy atom. The van der Waals surface area contributed by atoms with Crippen molar-refractivity contribution in [1.29, 1.82) is 0 Å². The quantitative estimate of drug-likeness (QED) is 0.727. The zero-order valence-electron chi connectivity index (χ0n) is 15.4. The van der Waals surface area contributed by atoms with Crippen LogP contribution >= 0.6 is 11.6 Å². The maximum Gasteiger partial charge on any atom is 0.179 e. The summed E-state index contributed by atoms with van der Waals surface area (Å²) in [5.74, 6) is 2.49. The van der Waals surface area contributed by atoms with E-state index in [2.05, 4.69) is 31.3 Å². The van der Waals surface area contributed by atoms with E-state index in [1.54, 1.807) is 21.3 Å². The number of hydrogen-bond donors (Lipinski definition) is 1. The second-order valence-corrected chi connectivity index (χ2v) is 6.60. The maximum absolute atomic E-state index is 6.30. The highest BCUT2D eigenvalue weighted by atomic mass is 35.5. The summed E-state index contributed by atoms with van der Waals surface area (Å²) in [5.41, 5.74) is 2.27. The first-order chi connectivity index (χ1) is 12.0. The van der Waals surface area contributed by atoms with Gasteiger partial charge in [0.05, 0.1) is 26.4 Å². The van der Waals surface area contributed by atoms with Crippen LogP contribution in [0, 0.1) is 5.92 Å². The second-order valence-electron chi connectivity index (χ2n) is 6.19. The standard InChI is InChI=1S/C20H26ClNO3/c1-13(2)19(15-6-8-16(23-3)9-7-15)22-12-14-10-17(21)20(25-5)18(11-14)24-4/h6-11,13,19,22H,12H2,1-5H3. The fourth-order valence-corrected chi connectivity index (χ4v) is 3.16. The molecule has 2 rings (SSSR count). The minimum Gasteiger partial charge on any atom is -0.497 e. The largest absolute Gasteiger partial charge is 0.497 e. The molecule has 136 valence electrons. The minimum atomic E-state index is 0.220. The van der Waals surface area contributed by atoms with E-state index in [0.29, 0.717) is 29.0 Å². The summed E-state index contributed by atoms with van der Waals surface area (Å²) in [6.07, 6.45) is 0. The highest BCUT2D eigenvalue weighted by Crippen LogP contribution is 2.36. The van der Waals surface area contributed by atoms with E-state index in [1.165, 1.54) is 5.56 Å². The molecule has 0 fully saturated rings. The molecule has 2 aromatic carbocycles. The molecule has 0 amide bonds. The topological polar surface area (TPSA) is 39.7 Å². The lowest BCUT2D eigenvalue weighted by Crippen LogP contribution is -2.25. The van der Waals surface area contributed by atoms with Crippen LogP contribution < -0.4 is 19.5 Å². The van der Waals surface area contributed by atoms with Crippen LogP contribution in [0.1, 0.15) is 31.0 Å². The number of nitrogens with one attached hydrogen (secondary N) is 1. The third-order valence-corrected chi connectivity index (χ3v) is 4.44. The number of methoxy groups -OCH3 is 3. The molecular weight excluding hydrogens is 338 g/mol. The first-order valence-corrected chi connectivity index (χ1v) is 8.65. The van der Waals surface area contributed by atoms with E-state index in [4.69, 9.17) is 25.8 Å². The van der Waals surface area contributed by atoms with E-state index in [1.807, 2.05) is 24.3 Å². The Kier molecular flexibility index (Phi) is 6.97. The van der Waals surface area contributed by atoms with Crippen LogP contribution in [0.4, 0.5) is 0 Å². The van der Waals surface area contributed by atoms with Crippen molar-refractivity contribution in [2.75, 3.05) is 21.3 Å². The number of benzene rings is 2. The molecule has 0 aliphatic rings. The molecule has 1 atom stereocenters. The summed E-state index contributed by atoms with van der Waals surface area (Å²) in [6.45, 7) is 5.07. The average molecular weight is 364 g/mol. The van der Waals surface area contributed by atoms with Crippen LogP contribution in [-0.4, -0.2) is 21.3 Å². The first kappa shape index (κ1) is 19.4. The van der Waals surface area contributed by atoms with E-state index < -0.39 is 0 Å². The fraction of sp³-hybridized carbons (Fsp3) is 0.400. The summed E-state index contributed by atoms with van der Waals surface area (Å²) in [5, 5.41) is 4.15. The molecule has 0 radical (unpaired) electrons. The number of rotatable bonds is 8. The van der Waals surface area contributed by atoms with Crippen LogP contribution in [-0.2, 0) is 6.54 Å². The molecule has 0 saturated carbocycles. The molecular formula is C20H26ClNO3. The lowest BCUT2D eigenvalue weighted by Gasteiger charge is -2.23. The molecule has 2 aromatic rings. The van der Waals surface area contributed by atoms with Gasteiger partial charge in [-0.05, 0) is 41.3 Å². The molecule has 25 heavy (non-hydrogen) atoms. The number of hydrogen-bond acceptors (Lipinski definition) is 4. The van der Waals surface area contributed by atoms with E-state index in [0.717, 1.165) is 11.3 Å². The summed E-state index contributed by atoms with van der Waals surface area (Å²) >= 11 is 6.30. The van der Waals surface area contributed by atoms with Crippen molar-refractivity contribution in [1.82, 2.24) is 5.32 Å². The van der Waals surface area contributed by atoms with Gasteiger partial charge in [0.25, 0.3) is 0 Å². The van der Waals surface area contributed by atoms with Gasteiger partial charge < -0.3 is 19.5 Å². The molecule has 0 saturated heterocycles. The predicted molar refractivity (Wildman–Crippen MR) is 102 cm³/mol. The van der Waals surface area contributed by atoms with Crippen molar-refractivity contribution in [3.8, 4) is 17.2 Å². The van der Waals surface area contributed by atoms with Crippen molar-refractivity contribution in [3.63, 3.8) is 0 Å². The average Bonchev–Trinajstić information content (AvgIpc) is 2.61. The molecule has 0 heterocycles. The molecule has 1 N–H and O–H groups in total. The summed E-state index contributed by atoms with van der Waals surface area (Å²) in [4.78, 5) is 0. The van der Waals surface area contributed by atoms with E-state index in [9.17, 15) is 0 Å². The van der Waals surface area contributed by atoms with Gasteiger partial charge >= 0.3 is 0 Å². The number of ether oxygens (including phenoxy) is 3. The van der Waals surface area contributed by atoms with Gasteiger partial charge in [-0.25, -0.2) is 0 Å². The molecule has 0 aliphatic carbocycles. The second kappa shape index (κ2) is 8.97. The van der Waals surface area contributed by atoms with E-state index in [-0.39, 0.29) is 6.04 Å². The maximum atomic E-state index is 6.30. The Hall–Kier alpha value is -1.91. The van der Waals surface area contributed by atoms with Gasteiger partial charge in [-0.15, -0.1) is 0 Å². The third-order valence-electron chi connectivity index (χ3n) is 4.16. The molecule has 0 spiro atoms. The van der Waals surface area contributed by atoms with Crippen molar-refractivity contribution in [2.45, 2.75) is 26.4 Å². The van der Waals surface area contributed by atoms with Crippen molar-refractivity contribution >= 4 is 11.6 Å². The zero-order valence-corrected chi connectivity index (χ0v) is 16.2. The zero-order chi connectivity index (χ0) is 18.4. The molecule has 1 unspecified atom stereocenters. The summed E-state index contributed by atoms with van der Waals surface area (Å²) < 4.78 is 15.9. The SMILES string of the molecule is COc1ccc(C(NCc2cc(Cl)c(OC)c(OC)c2)C(C)C)cc1. The van der Waals surface area contributed by atoms with Gasteiger partial charge in [-0.1, -0.05) is 37.6 Å². The van der Waals surface area contributed by atoms with Gasteiger partial charge in [-0.3, -0.25) is 0 Å². The molecule has 4 nitrogen and oxygen atoms in total. The van der Waals surface area contributed by atoms with Gasteiger partial charge in [0, 0.05) is 12.6 Å². The minimum absolute atomic E-state index is 0.220. The van der Waals surface area contributed by atoms with Crippen LogP contribution in [0.3, 0.4) is 0 Å². The normalized spacial score (nSPS) is 12.1. The van der Waals surface area contributed by atoms with Crippen molar-refractivity contribution < 1.29 is 14.2 Å². The van der Waals surface area contributed by atoms with Crippen LogP contribution in [0.5, 0.6) is 17.2 Å². The fourth-order valence-electron chi connectivity index (χ4n) is 2.85. The number of halogens is 1. The monoisotopic (exact) mass is 363 g/mol. The Morgan fingerprint density at radius 1 is 0.960 bits per heavy atom. The van der Waals surface area contributed by atoms with Crippen molar-refractivity contribution in [2.24, 2.45) is 5.92 Å². The van der Waals surface area contributed by atoms with E-state index >= 15 is 0 Å². The van der Waals surface area contributed by atoms with Crippen molar-refractivity contribution in [3.05, 3.63) is 52.5 Å². The highest BCUT2D eigenvalue weighted by Gasteiger charge is 2.17. The Bertz CT molecular complexity index is 686. The Morgan fingerprint density at radius 2 is 1.64 bits per heavy atom. The van der Waals surface area contributed by atoms with Crippen LogP contribution in [0.15, 0.2) is 36.4 Å². The molecule has 0 bridgehead atoms. The smallest absolute Gasteiger partial charge is 0.179 e. The summed E-state index contributed by atoms with van der Waals surface area (Å²) in [7, 11) is 4.87. The lowest BCUT2D eigenvalue weighted by atomic mass is 9.95. The lowest BCUT2D eigenvalue weighted by molar-refractivity contribution is 0.354. The molecule has 5 heteroatoms. The first-order valence-electron chi connectivity index (χ1n) is 8.27. The molecule has 0 aromatic heterocycles. The Balaban J connectivity index is 2.17. The molecule has 0 aliphatic heterocycles. The Labute approximate surface area is 155 Å². The van der Waals surface area contributed by atoms with Crippen LogP contribution in [0.2, 0.25) is 5.02 Å². The highest BCUT2D eigenvalue weighted by molar-refractivity contribution is 6.32.